The largest absolute Gasteiger partial charge is 0.310 e. The highest BCUT2D eigenvalue weighted by atomic mass is 32.1. The summed E-state index contributed by atoms with van der Waals surface area (Å²) >= 11 is 1.88. The summed E-state index contributed by atoms with van der Waals surface area (Å²) in [5.74, 6) is 0. The monoisotopic (exact) mass is 553 g/mol. The molecule has 0 radical (unpaired) electrons. The molecule has 0 aliphatic rings. The van der Waals surface area contributed by atoms with Crippen LogP contribution in [0.5, 0.6) is 0 Å². The minimum absolute atomic E-state index is 1.13. The van der Waals surface area contributed by atoms with Crippen molar-refractivity contribution in [1.29, 1.82) is 0 Å². The first-order valence-electron chi connectivity index (χ1n) is 14.3. The van der Waals surface area contributed by atoms with Gasteiger partial charge in [-0.2, -0.15) is 0 Å². The molecule has 0 spiro atoms. The molecular formula is C40H27NS. The number of rotatable bonds is 5. The molecule has 198 valence electrons. The van der Waals surface area contributed by atoms with Gasteiger partial charge in [0.1, 0.15) is 0 Å². The van der Waals surface area contributed by atoms with Crippen LogP contribution in [0, 0.1) is 0 Å². The van der Waals surface area contributed by atoms with Crippen LogP contribution in [0.2, 0.25) is 0 Å². The lowest BCUT2D eigenvalue weighted by Crippen LogP contribution is -2.09. The summed E-state index contributed by atoms with van der Waals surface area (Å²) in [6.45, 7) is 0. The Bertz CT molecular complexity index is 2160. The number of hydrogen-bond donors (Lipinski definition) is 0. The Morgan fingerprint density at radius 2 is 0.881 bits per heavy atom. The van der Waals surface area contributed by atoms with E-state index in [0.29, 0.717) is 0 Å². The Morgan fingerprint density at radius 3 is 1.60 bits per heavy atom. The molecule has 2 heteroatoms. The molecule has 0 amide bonds. The number of thiophene rings is 1. The van der Waals surface area contributed by atoms with Gasteiger partial charge < -0.3 is 4.90 Å². The van der Waals surface area contributed by atoms with Crippen molar-refractivity contribution in [2.24, 2.45) is 0 Å². The van der Waals surface area contributed by atoms with Gasteiger partial charge in [-0.1, -0.05) is 121 Å². The molecule has 8 aromatic rings. The smallest absolute Gasteiger partial charge is 0.0468 e. The quantitative estimate of drug-likeness (QED) is 0.205. The lowest BCUT2D eigenvalue weighted by Gasteiger charge is -2.26. The second-order valence-electron chi connectivity index (χ2n) is 10.6. The van der Waals surface area contributed by atoms with E-state index in [4.69, 9.17) is 0 Å². The molecule has 0 fully saturated rings. The van der Waals surface area contributed by atoms with Crippen molar-refractivity contribution in [2.45, 2.75) is 0 Å². The maximum Gasteiger partial charge on any atom is 0.0468 e. The average molecular weight is 554 g/mol. The number of anilines is 3. The van der Waals surface area contributed by atoms with E-state index in [0.717, 1.165) is 17.1 Å². The predicted molar refractivity (Wildman–Crippen MR) is 182 cm³/mol. The number of hydrogen-bond acceptors (Lipinski definition) is 2. The molecule has 1 nitrogen and oxygen atoms in total. The van der Waals surface area contributed by atoms with E-state index in [2.05, 4.69) is 169 Å². The van der Waals surface area contributed by atoms with Gasteiger partial charge >= 0.3 is 0 Å². The third-order valence-electron chi connectivity index (χ3n) is 8.07. The van der Waals surface area contributed by atoms with Crippen molar-refractivity contribution < 1.29 is 0 Å². The van der Waals surface area contributed by atoms with Crippen LogP contribution in [-0.4, -0.2) is 0 Å². The molecule has 0 saturated carbocycles. The number of benzene rings is 7. The summed E-state index contributed by atoms with van der Waals surface area (Å²) in [6.07, 6.45) is 0. The number of para-hydroxylation sites is 1. The molecule has 1 aromatic heterocycles. The maximum atomic E-state index is 2.36. The summed E-state index contributed by atoms with van der Waals surface area (Å²) in [5.41, 5.74) is 8.31. The maximum absolute atomic E-state index is 2.36. The highest BCUT2D eigenvalue weighted by Crippen LogP contribution is 2.42. The molecule has 42 heavy (non-hydrogen) atoms. The SMILES string of the molecule is c1ccc(-c2ccc(-c3ccc(N(c4ccccc4)c4ccc5ccc6c7ccccc7sc6c5c4)cc3)cc2)cc1. The van der Waals surface area contributed by atoms with Crippen LogP contribution in [0.3, 0.4) is 0 Å². The van der Waals surface area contributed by atoms with Crippen molar-refractivity contribution in [3.63, 3.8) is 0 Å². The molecular weight excluding hydrogens is 527 g/mol. The van der Waals surface area contributed by atoms with E-state index in [1.807, 2.05) is 11.3 Å². The normalized spacial score (nSPS) is 11.3. The predicted octanol–water partition coefficient (Wildman–Crippen LogP) is 12.0. The second kappa shape index (κ2) is 10.3. The molecule has 0 N–H and O–H groups in total. The van der Waals surface area contributed by atoms with Crippen LogP contribution in [0.15, 0.2) is 164 Å². The fraction of sp³-hybridized carbons (Fsp3) is 0. The van der Waals surface area contributed by atoms with Crippen molar-refractivity contribution in [2.75, 3.05) is 4.90 Å². The molecule has 0 saturated heterocycles. The third-order valence-corrected chi connectivity index (χ3v) is 9.29. The minimum Gasteiger partial charge on any atom is -0.310 e. The molecule has 0 unspecified atom stereocenters. The van der Waals surface area contributed by atoms with Crippen LogP contribution < -0.4 is 4.90 Å². The molecule has 0 aliphatic carbocycles. The lowest BCUT2D eigenvalue weighted by atomic mass is 10.00. The first-order valence-corrected chi connectivity index (χ1v) is 15.1. The van der Waals surface area contributed by atoms with E-state index in [-0.39, 0.29) is 0 Å². The Balaban J connectivity index is 1.20. The van der Waals surface area contributed by atoms with Gasteiger partial charge in [0.15, 0.2) is 0 Å². The standard InChI is InChI=1S/C40H27NS/c1-3-9-28(10-4-1)29-15-17-30(18-16-29)31-19-23-34(24-20-31)41(33-11-5-2-6-12-33)35-25-21-32-22-26-37-36-13-7-8-14-39(36)42-40(37)38(32)27-35/h1-27H. The summed E-state index contributed by atoms with van der Waals surface area (Å²) < 4.78 is 2.68. The van der Waals surface area contributed by atoms with Crippen LogP contribution in [0.1, 0.15) is 0 Å². The van der Waals surface area contributed by atoms with Gasteiger partial charge in [-0.25, -0.2) is 0 Å². The minimum atomic E-state index is 1.13. The Hall–Kier alpha value is -5.18. The first kappa shape index (κ1) is 24.6. The lowest BCUT2D eigenvalue weighted by molar-refractivity contribution is 1.29. The first-order chi connectivity index (χ1) is 20.8. The third kappa shape index (κ3) is 4.34. The van der Waals surface area contributed by atoms with Gasteiger partial charge in [-0.15, -0.1) is 11.3 Å². The average Bonchev–Trinajstić information content (AvgIpc) is 3.46. The van der Waals surface area contributed by atoms with Gasteiger partial charge in [-0.3, -0.25) is 0 Å². The van der Waals surface area contributed by atoms with E-state index < -0.39 is 0 Å². The fourth-order valence-electron chi connectivity index (χ4n) is 5.94. The fourth-order valence-corrected chi connectivity index (χ4v) is 7.17. The highest BCUT2D eigenvalue weighted by molar-refractivity contribution is 7.26. The van der Waals surface area contributed by atoms with E-state index >= 15 is 0 Å². The van der Waals surface area contributed by atoms with Gasteiger partial charge in [0.25, 0.3) is 0 Å². The Morgan fingerprint density at radius 1 is 0.357 bits per heavy atom. The van der Waals surface area contributed by atoms with Crippen molar-refractivity contribution in [3.05, 3.63) is 164 Å². The van der Waals surface area contributed by atoms with Crippen LogP contribution in [0.25, 0.3) is 53.2 Å². The molecule has 7 aromatic carbocycles. The molecule has 0 atom stereocenters. The second-order valence-corrected chi connectivity index (χ2v) is 11.7. The Kier molecular flexibility index (Phi) is 6.05. The van der Waals surface area contributed by atoms with Gasteiger partial charge in [0.2, 0.25) is 0 Å². The summed E-state index contributed by atoms with van der Waals surface area (Å²) in [5, 5.41) is 5.22. The molecule has 8 rings (SSSR count). The van der Waals surface area contributed by atoms with Crippen molar-refractivity contribution >= 4 is 59.3 Å². The van der Waals surface area contributed by atoms with E-state index in [1.54, 1.807) is 0 Å². The van der Waals surface area contributed by atoms with Gasteiger partial charge in [0.05, 0.1) is 0 Å². The van der Waals surface area contributed by atoms with E-state index in [1.165, 1.54) is 53.2 Å². The van der Waals surface area contributed by atoms with Gasteiger partial charge in [-0.05, 0) is 70.1 Å². The summed E-state index contributed by atoms with van der Waals surface area (Å²) in [6, 6.07) is 59.1. The van der Waals surface area contributed by atoms with E-state index in [9.17, 15) is 0 Å². The van der Waals surface area contributed by atoms with Gasteiger partial charge in [0, 0.05) is 42.6 Å². The zero-order valence-electron chi connectivity index (χ0n) is 22.9. The molecule has 1 heterocycles. The highest BCUT2D eigenvalue weighted by Gasteiger charge is 2.15. The summed E-state index contributed by atoms with van der Waals surface area (Å²) in [4.78, 5) is 2.36. The van der Waals surface area contributed by atoms with Crippen LogP contribution >= 0.6 is 11.3 Å². The molecule has 0 aliphatic heterocycles. The van der Waals surface area contributed by atoms with Crippen molar-refractivity contribution in [3.8, 4) is 22.3 Å². The zero-order valence-corrected chi connectivity index (χ0v) is 23.8. The molecule has 0 bridgehead atoms. The van der Waals surface area contributed by atoms with Crippen molar-refractivity contribution in [1.82, 2.24) is 0 Å². The zero-order chi connectivity index (χ0) is 27.9. The topological polar surface area (TPSA) is 3.24 Å². The Labute approximate surface area is 249 Å². The number of fused-ring (bicyclic) bond motifs is 5. The van der Waals surface area contributed by atoms with Crippen LogP contribution in [0.4, 0.5) is 17.1 Å². The number of nitrogens with zero attached hydrogens (tertiary/aromatic N) is 1. The van der Waals surface area contributed by atoms with Crippen LogP contribution in [-0.2, 0) is 0 Å². The summed E-state index contributed by atoms with van der Waals surface area (Å²) in [7, 11) is 0.